The molecule has 0 saturated carbocycles. The maximum atomic E-state index is 11.4. The van der Waals surface area contributed by atoms with Crippen LogP contribution in [0.25, 0.3) is 5.69 Å². The van der Waals surface area contributed by atoms with Gasteiger partial charge < -0.3 is 10.7 Å². The van der Waals surface area contributed by atoms with E-state index in [0.717, 1.165) is 16.7 Å². The number of para-hydroxylation sites is 1. The third-order valence-corrected chi connectivity index (χ3v) is 4.47. The Morgan fingerprint density at radius 1 is 1.26 bits per heavy atom. The number of aromatic amines is 1. The third-order valence-electron chi connectivity index (χ3n) is 2.98. The van der Waals surface area contributed by atoms with Gasteiger partial charge in [-0.2, -0.15) is 0 Å². The largest absolute Gasteiger partial charge is 0.383 e. The van der Waals surface area contributed by atoms with Crippen molar-refractivity contribution in [3.8, 4) is 5.69 Å². The average Bonchev–Trinajstić information content (AvgIpc) is 2.96. The molecule has 2 heterocycles. The number of nitrogens with two attached hydrogens (primary N) is 1. The molecule has 23 heavy (non-hydrogen) atoms. The molecular weight excluding hydrogens is 332 g/mol. The lowest BCUT2D eigenvalue weighted by atomic mass is 10.3. The van der Waals surface area contributed by atoms with Gasteiger partial charge in [-0.05, 0) is 18.4 Å². The molecule has 0 fully saturated rings. The van der Waals surface area contributed by atoms with Crippen molar-refractivity contribution in [3.63, 3.8) is 0 Å². The van der Waals surface area contributed by atoms with Crippen LogP contribution in [0.4, 0.5) is 5.82 Å². The van der Waals surface area contributed by atoms with Crippen LogP contribution in [0.15, 0.2) is 51.5 Å². The van der Waals surface area contributed by atoms with E-state index < -0.39 is 0 Å². The van der Waals surface area contributed by atoms with Gasteiger partial charge in [0, 0.05) is 11.8 Å². The van der Waals surface area contributed by atoms with Gasteiger partial charge in [-0.25, -0.2) is 4.98 Å². The summed E-state index contributed by atoms with van der Waals surface area (Å²) >= 11 is 2.88. The first kappa shape index (κ1) is 15.6. The number of aromatic nitrogens is 5. The van der Waals surface area contributed by atoms with E-state index in [2.05, 4.69) is 20.2 Å². The second-order valence-electron chi connectivity index (χ2n) is 4.54. The predicted octanol–water partition coefficient (Wildman–Crippen LogP) is 1.95. The van der Waals surface area contributed by atoms with Crippen molar-refractivity contribution in [1.29, 1.82) is 0 Å². The summed E-state index contributed by atoms with van der Waals surface area (Å²) in [6.45, 7) is 0. The standard InChI is InChI=1S/C14H14N6OS2/c1-22-14-19-18-11(20(14)9-5-3-2-4-6-9)8-23-13-16-10(15)7-12(21)17-13/h2-7H,8H2,1H3,(H3,15,16,17,21). The minimum absolute atomic E-state index is 0.200. The fraction of sp³-hybridized carbons (Fsp3) is 0.143. The molecule has 3 rings (SSSR count). The van der Waals surface area contributed by atoms with Crippen molar-refractivity contribution in [2.75, 3.05) is 12.0 Å². The van der Waals surface area contributed by atoms with Crippen LogP contribution >= 0.6 is 23.5 Å². The maximum Gasteiger partial charge on any atom is 0.253 e. The number of nitrogens with zero attached hydrogens (tertiary/aromatic N) is 4. The molecule has 0 atom stereocenters. The van der Waals surface area contributed by atoms with E-state index in [-0.39, 0.29) is 11.4 Å². The first-order valence-electron chi connectivity index (χ1n) is 6.70. The van der Waals surface area contributed by atoms with Crippen molar-refractivity contribution in [2.45, 2.75) is 16.1 Å². The van der Waals surface area contributed by atoms with Crippen LogP contribution in [0, 0.1) is 0 Å². The van der Waals surface area contributed by atoms with E-state index >= 15 is 0 Å². The Morgan fingerprint density at radius 3 is 2.74 bits per heavy atom. The zero-order chi connectivity index (χ0) is 16.2. The van der Waals surface area contributed by atoms with E-state index in [1.807, 2.05) is 41.2 Å². The number of thioether (sulfide) groups is 2. The molecule has 2 aromatic heterocycles. The smallest absolute Gasteiger partial charge is 0.253 e. The molecule has 0 aliphatic carbocycles. The summed E-state index contributed by atoms with van der Waals surface area (Å²) in [5.41, 5.74) is 6.32. The molecule has 9 heteroatoms. The highest BCUT2D eigenvalue weighted by molar-refractivity contribution is 7.98. The van der Waals surface area contributed by atoms with Crippen molar-refractivity contribution in [1.82, 2.24) is 24.7 Å². The molecular formula is C14H14N6OS2. The van der Waals surface area contributed by atoms with E-state index in [1.54, 1.807) is 0 Å². The van der Waals surface area contributed by atoms with Gasteiger partial charge in [-0.3, -0.25) is 9.36 Å². The molecule has 0 saturated heterocycles. The number of anilines is 1. The van der Waals surface area contributed by atoms with E-state index in [1.165, 1.54) is 29.6 Å². The van der Waals surface area contributed by atoms with E-state index in [9.17, 15) is 4.79 Å². The first-order chi connectivity index (χ1) is 11.2. The minimum atomic E-state index is -0.269. The lowest BCUT2D eigenvalue weighted by Crippen LogP contribution is -2.09. The lowest BCUT2D eigenvalue weighted by Gasteiger charge is -2.08. The van der Waals surface area contributed by atoms with Gasteiger partial charge in [0.05, 0.1) is 5.75 Å². The Kier molecular flexibility index (Phi) is 4.68. The summed E-state index contributed by atoms with van der Waals surface area (Å²) in [6, 6.07) is 11.1. The Labute approximate surface area is 140 Å². The summed E-state index contributed by atoms with van der Waals surface area (Å²) in [4.78, 5) is 18.2. The Morgan fingerprint density at radius 2 is 2.04 bits per heavy atom. The van der Waals surface area contributed by atoms with E-state index in [4.69, 9.17) is 5.73 Å². The maximum absolute atomic E-state index is 11.4. The van der Waals surface area contributed by atoms with Crippen LogP contribution in [0.1, 0.15) is 5.82 Å². The normalized spacial score (nSPS) is 10.8. The number of nitrogen functional groups attached to an aromatic ring is 1. The third kappa shape index (κ3) is 3.57. The van der Waals surface area contributed by atoms with Crippen LogP contribution in [0.2, 0.25) is 0 Å². The molecule has 0 bridgehead atoms. The fourth-order valence-corrected chi connectivity index (χ4v) is 3.33. The first-order valence-corrected chi connectivity index (χ1v) is 8.92. The van der Waals surface area contributed by atoms with Crippen molar-refractivity contribution in [2.24, 2.45) is 0 Å². The summed E-state index contributed by atoms with van der Waals surface area (Å²) < 4.78 is 1.99. The van der Waals surface area contributed by atoms with Crippen LogP contribution in [-0.4, -0.2) is 31.0 Å². The highest BCUT2D eigenvalue weighted by Gasteiger charge is 2.14. The summed E-state index contributed by atoms with van der Waals surface area (Å²) in [5, 5.41) is 9.72. The summed E-state index contributed by atoms with van der Waals surface area (Å²) in [6.07, 6.45) is 1.96. The van der Waals surface area contributed by atoms with Crippen LogP contribution in [0.3, 0.4) is 0 Å². The number of hydrogen-bond donors (Lipinski definition) is 2. The lowest BCUT2D eigenvalue weighted by molar-refractivity contribution is 0.864. The molecule has 118 valence electrons. The molecule has 1 aromatic carbocycles. The molecule has 0 amide bonds. The molecule has 0 aliphatic rings. The van der Waals surface area contributed by atoms with Gasteiger partial charge in [0.1, 0.15) is 11.6 Å². The zero-order valence-electron chi connectivity index (χ0n) is 12.3. The van der Waals surface area contributed by atoms with Crippen LogP contribution in [0.5, 0.6) is 0 Å². The Bertz CT molecular complexity index is 861. The molecule has 0 spiro atoms. The predicted molar refractivity (Wildman–Crippen MR) is 92.0 cm³/mol. The van der Waals surface area contributed by atoms with Gasteiger partial charge in [-0.1, -0.05) is 41.7 Å². The molecule has 0 aliphatic heterocycles. The molecule has 3 N–H and O–H groups in total. The molecule has 7 nitrogen and oxygen atoms in total. The monoisotopic (exact) mass is 346 g/mol. The van der Waals surface area contributed by atoms with Crippen LogP contribution in [-0.2, 0) is 5.75 Å². The average molecular weight is 346 g/mol. The quantitative estimate of drug-likeness (QED) is 0.537. The number of H-pyrrole nitrogens is 1. The SMILES string of the molecule is CSc1nnc(CSc2nc(N)cc(=O)[nH]2)n1-c1ccccc1. The second kappa shape index (κ2) is 6.88. The number of nitrogens with one attached hydrogen (secondary N) is 1. The second-order valence-corrected chi connectivity index (χ2v) is 6.28. The number of hydrogen-bond acceptors (Lipinski definition) is 7. The Hall–Kier alpha value is -2.26. The number of benzene rings is 1. The number of rotatable bonds is 5. The van der Waals surface area contributed by atoms with Gasteiger partial charge in [0.15, 0.2) is 10.3 Å². The highest BCUT2D eigenvalue weighted by atomic mass is 32.2. The fourth-order valence-electron chi connectivity index (χ4n) is 2.02. The van der Waals surface area contributed by atoms with Crippen molar-refractivity contribution >= 4 is 29.3 Å². The van der Waals surface area contributed by atoms with Gasteiger partial charge >= 0.3 is 0 Å². The zero-order valence-corrected chi connectivity index (χ0v) is 13.9. The molecule has 0 radical (unpaired) electrons. The van der Waals surface area contributed by atoms with Gasteiger partial charge in [-0.15, -0.1) is 10.2 Å². The molecule has 0 unspecified atom stereocenters. The van der Waals surface area contributed by atoms with Gasteiger partial charge in [0.2, 0.25) is 0 Å². The minimum Gasteiger partial charge on any atom is -0.383 e. The Balaban J connectivity index is 1.89. The van der Waals surface area contributed by atoms with Crippen molar-refractivity contribution < 1.29 is 0 Å². The van der Waals surface area contributed by atoms with Crippen molar-refractivity contribution in [3.05, 3.63) is 52.6 Å². The summed E-state index contributed by atoms with van der Waals surface area (Å²) in [5.74, 6) is 1.48. The van der Waals surface area contributed by atoms with Crippen LogP contribution < -0.4 is 11.3 Å². The summed E-state index contributed by atoms with van der Waals surface area (Å²) in [7, 11) is 0. The van der Waals surface area contributed by atoms with Gasteiger partial charge in [0.25, 0.3) is 5.56 Å². The van der Waals surface area contributed by atoms with E-state index in [0.29, 0.717) is 10.9 Å². The highest BCUT2D eigenvalue weighted by Crippen LogP contribution is 2.24. The molecule has 3 aromatic rings. The topological polar surface area (TPSA) is 102 Å².